The molecule has 1 heteroatoms. The van der Waals surface area contributed by atoms with Gasteiger partial charge in [-0.05, 0) is 48.5 Å². The average Bonchev–Trinajstić information content (AvgIpc) is 2.55. The highest BCUT2D eigenvalue weighted by atomic mass is 15.2. The Morgan fingerprint density at radius 3 is 2.67 bits per heavy atom. The summed E-state index contributed by atoms with van der Waals surface area (Å²) >= 11 is 0. The first kappa shape index (κ1) is 11.0. The molecule has 2 saturated carbocycles. The van der Waals surface area contributed by atoms with Gasteiger partial charge in [0.2, 0.25) is 0 Å². The minimum atomic E-state index is 0.883. The van der Waals surface area contributed by atoms with Crippen LogP contribution in [0.3, 0.4) is 0 Å². The van der Waals surface area contributed by atoms with E-state index in [1.165, 1.54) is 37.9 Å². The maximum Gasteiger partial charge on any atom is 0.0237 e. The van der Waals surface area contributed by atoms with Gasteiger partial charge < -0.3 is 0 Å². The predicted octanol–water partition coefficient (Wildman–Crippen LogP) is 3.55. The van der Waals surface area contributed by atoms with Crippen molar-refractivity contribution in [1.29, 1.82) is 0 Å². The lowest BCUT2D eigenvalue weighted by Gasteiger charge is -2.43. The van der Waals surface area contributed by atoms with Crippen molar-refractivity contribution in [2.75, 3.05) is 6.54 Å². The van der Waals surface area contributed by atoms with Crippen LogP contribution in [-0.4, -0.2) is 17.5 Å². The summed E-state index contributed by atoms with van der Waals surface area (Å²) in [7, 11) is 0. The molecule has 1 aromatic carbocycles. The fourth-order valence-electron chi connectivity index (χ4n) is 5.17. The van der Waals surface area contributed by atoms with Crippen LogP contribution in [0.1, 0.15) is 31.7 Å². The molecule has 3 aliphatic rings. The second-order valence-electron chi connectivity index (χ2n) is 6.86. The quantitative estimate of drug-likeness (QED) is 0.765. The molecule has 0 N–H and O–H groups in total. The molecule has 4 unspecified atom stereocenters. The number of hydrogen-bond donors (Lipinski definition) is 0. The third kappa shape index (κ3) is 1.64. The molecule has 1 heterocycles. The Bertz CT molecular complexity index is 422. The predicted molar refractivity (Wildman–Crippen MR) is 74.1 cm³/mol. The van der Waals surface area contributed by atoms with E-state index in [4.69, 9.17) is 0 Å². The van der Waals surface area contributed by atoms with E-state index in [1.54, 1.807) is 0 Å². The van der Waals surface area contributed by atoms with E-state index in [2.05, 4.69) is 42.2 Å². The smallest absolute Gasteiger partial charge is 0.0237 e. The van der Waals surface area contributed by atoms with Gasteiger partial charge in [-0.15, -0.1) is 0 Å². The highest BCUT2D eigenvalue weighted by molar-refractivity contribution is 5.16. The van der Waals surface area contributed by atoms with Crippen molar-refractivity contribution in [2.24, 2.45) is 23.7 Å². The molecule has 0 spiro atoms. The Labute approximate surface area is 110 Å². The largest absolute Gasteiger partial charge is 0.295 e. The molecule has 1 aromatic rings. The molecular formula is C17H23N. The highest BCUT2D eigenvalue weighted by Gasteiger charge is 2.51. The van der Waals surface area contributed by atoms with Gasteiger partial charge in [0.25, 0.3) is 0 Å². The normalized spacial score (nSPS) is 42.4. The summed E-state index contributed by atoms with van der Waals surface area (Å²) in [4.78, 5) is 2.81. The monoisotopic (exact) mass is 241 g/mol. The lowest BCUT2D eigenvalue weighted by Crippen LogP contribution is -2.47. The number of nitrogens with zero attached hydrogens (tertiary/aromatic N) is 1. The minimum absolute atomic E-state index is 0.883. The zero-order chi connectivity index (χ0) is 12.1. The van der Waals surface area contributed by atoms with E-state index in [1.807, 2.05) is 0 Å². The summed E-state index contributed by atoms with van der Waals surface area (Å²) in [5.74, 6) is 3.99. The molecule has 5 atom stereocenters. The van der Waals surface area contributed by atoms with Gasteiger partial charge in [-0.2, -0.15) is 0 Å². The topological polar surface area (TPSA) is 3.24 Å². The van der Waals surface area contributed by atoms with Crippen LogP contribution >= 0.6 is 0 Å². The molecule has 4 rings (SSSR count). The maximum atomic E-state index is 2.81. The van der Waals surface area contributed by atoms with Gasteiger partial charge in [0.05, 0.1) is 0 Å². The number of benzene rings is 1. The van der Waals surface area contributed by atoms with Crippen LogP contribution in [0, 0.1) is 23.7 Å². The van der Waals surface area contributed by atoms with Crippen LogP contribution in [0.5, 0.6) is 0 Å². The zero-order valence-corrected chi connectivity index (χ0v) is 11.3. The number of piperidine rings is 1. The second-order valence-corrected chi connectivity index (χ2v) is 6.86. The van der Waals surface area contributed by atoms with Crippen molar-refractivity contribution >= 4 is 0 Å². The van der Waals surface area contributed by atoms with Crippen LogP contribution in [0.15, 0.2) is 30.3 Å². The SMILES string of the molecule is C[C@H]1C2CC3CC(C2)C1N(Cc1ccccc1)C3. The Balaban J connectivity index is 1.59. The molecule has 0 amide bonds. The van der Waals surface area contributed by atoms with Crippen molar-refractivity contribution in [2.45, 2.75) is 38.8 Å². The van der Waals surface area contributed by atoms with Gasteiger partial charge in [0.1, 0.15) is 0 Å². The highest BCUT2D eigenvalue weighted by Crippen LogP contribution is 2.53. The van der Waals surface area contributed by atoms with Crippen molar-refractivity contribution in [3.63, 3.8) is 0 Å². The van der Waals surface area contributed by atoms with Crippen LogP contribution in [-0.2, 0) is 6.54 Å². The molecule has 3 fully saturated rings. The van der Waals surface area contributed by atoms with E-state index < -0.39 is 0 Å². The zero-order valence-electron chi connectivity index (χ0n) is 11.3. The van der Waals surface area contributed by atoms with Crippen LogP contribution in [0.25, 0.3) is 0 Å². The van der Waals surface area contributed by atoms with Gasteiger partial charge in [-0.25, -0.2) is 0 Å². The average molecular weight is 241 g/mol. The van der Waals surface area contributed by atoms with Crippen molar-refractivity contribution in [3.8, 4) is 0 Å². The third-order valence-electron chi connectivity index (χ3n) is 5.79. The fraction of sp³-hybridized carbons (Fsp3) is 0.647. The van der Waals surface area contributed by atoms with Gasteiger partial charge in [-0.3, -0.25) is 4.90 Å². The molecule has 1 aliphatic heterocycles. The van der Waals surface area contributed by atoms with E-state index in [0.717, 1.165) is 29.7 Å². The summed E-state index contributed by atoms with van der Waals surface area (Å²) in [6.07, 6.45) is 4.56. The summed E-state index contributed by atoms with van der Waals surface area (Å²) < 4.78 is 0. The molecule has 96 valence electrons. The van der Waals surface area contributed by atoms with Crippen LogP contribution < -0.4 is 0 Å². The van der Waals surface area contributed by atoms with Crippen LogP contribution in [0.2, 0.25) is 0 Å². The molecule has 0 aromatic heterocycles. The maximum absolute atomic E-state index is 2.81. The summed E-state index contributed by atoms with van der Waals surface area (Å²) in [6.45, 7) is 5.05. The standard InChI is InChI=1S/C17H23N/c1-12-15-7-14-8-16(9-15)17(12)18(11-14)10-13-5-3-2-4-6-13/h2-6,12,14-17H,7-11H2,1H3/t12-,14?,15?,16?,17?/m0/s1. The Morgan fingerprint density at radius 1 is 1.06 bits per heavy atom. The van der Waals surface area contributed by atoms with Crippen molar-refractivity contribution < 1.29 is 0 Å². The summed E-state index contributed by atoms with van der Waals surface area (Å²) in [6, 6.07) is 11.9. The van der Waals surface area contributed by atoms with Gasteiger partial charge in [0, 0.05) is 19.1 Å². The third-order valence-corrected chi connectivity index (χ3v) is 5.79. The molecule has 0 radical (unpaired) electrons. The minimum Gasteiger partial charge on any atom is -0.295 e. The van der Waals surface area contributed by atoms with Gasteiger partial charge >= 0.3 is 0 Å². The number of rotatable bonds is 2. The van der Waals surface area contributed by atoms with Crippen molar-refractivity contribution in [1.82, 2.24) is 4.90 Å². The first-order valence-electron chi connectivity index (χ1n) is 7.59. The first-order chi connectivity index (χ1) is 8.81. The number of hydrogen-bond acceptors (Lipinski definition) is 1. The van der Waals surface area contributed by atoms with Gasteiger partial charge in [0.15, 0.2) is 0 Å². The first-order valence-corrected chi connectivity index (χ1v) is 7.59. The molecular weight excluding hydrogens is 218 g/mol. The summed E-state index contributed by atoms with van der Waals surface area (Å²) in [5, 5.41) is 0. The van der Waals surface area contributed by atoms with E-state index in [-0.39, 0.29) is 0 Å². The van der Waals surface area contributed by atoms with Crippen LogP contribution in [0.4, 0.5) is 0 Å². The summed E-state index contributed by atoms with van der Waals surface area (Å²) in [5.41, 5.74) is 1.49. The Morgan fingerprint density at radius 2 is 1.83 bits per heavy atom. The Hall–Kier alpha value is -0.820. The molecule has 3 bridgehead atoms. The number of likely N-dealkylation sites (tertiary alicyclic amines) is 1. The Kier molecular flexibility index (Phi) is 2.51. The lowest BCUT2D eigenvalue weighted by molar-refractivity contribution is 0.0533. The molecule has 2 aliphatic carbocycles. The van der Waals surface area contributed by atoms with E-state index >= 15 is 0 Å². The lowest BCUT2D eigenvalue weighted by atomic mass is 9.77. The molecule has 18 heavy (non-hydrogen) atoms. The molecule has 1 nitrogen and oxygen atoms in total. The number of fused-ring (bicyclic) bond motifs is 2. The molecule has 1 saturated heterocycles. The van der Waals surface area contributed by atoms with E-state index in [0.29, 0.717) is 0 Å². The second kappa shape index (κ2) is 4.09. The fourth-order valence-corrected chi connectivity index (χ4v) is 5.17. The van der Waals surface area contributed by atoms with Gasteiger partial charge in [-0.1, -0.05) is 37.3 Å². The van der Waals surface area contributed by atoms with E-state index in [9.17, 15) is 0 Å². The van der Waals surface area contributed by atoms with Crippen molar-refractivity contribution in [3.05, 3.63) is 35.9 Å².